The van der Waals surface area contributed by atoms with Crippen LogP contribution in [0.1, 0.15) is 18.4 Å². The molecule has 0 radical (unpaired) electrons. The molecule has 10 heteroatoms. The van der Waals surface area contributed by atoms with E-state index in [1.165, 1.54) is 6.07 Å². The highest BCUT2D eigenvalue weighted by Crippen LogP contribution is 2.35. The summed E-state index contributed by atoms with van der Waals surface area (Å²) in [6, 6.07) is 2.69. The van der Waals surface area contributed by atoms with Crippen molar-refractivity contribution in [1.29, 1.82) is 0 Å². The lowest BCUT2D eigenvalue weighted by Gasteiger charge is -2.14. The summed E-state index contributed by atoms with van der Waals surface area (Å²) >= 11 is 2.85. The fourth-order valence-electron chi connectivity index (χ4n) is 1.48. The molecule has 0 fully saturated rings. The quantitative estimate of drug-likeness (QED) is 0.732. The molecule has 0 aliphatic rings. The Morgan fingerprint density at radius 2 is 1.95 bits per heavy atom. The van der Waals surface area contributed by atoms with Crippen LogP contribution in [0, 0.1) is 0 Å². The van der Waals surface area contributed by atoms with Gasteiger partial charge in [-0.25, -0.2) is 13.1 Å². The van der Waals surface area contributed by atoms with Crippen LogP contribution in [0.2, 0.25) is 0 Å². The Hall–Kier alpha value is -1.13. The van der Waals surface area contributed by atoms with Crippen molar-refractivity contribution in [2.75, 3.05) is 6.54 Å². The topological polar surface area (TPSA) is 83.5 Å². The third-order valence-corrected chi connectivity index (χ3v) is 4.41. The molecule has 0 heterocycles. The van der Waals surface area contributed by atoms with Gasteiger partial charge in [-0.1, -0.05) is 15.9 Å². The van der Waals surface area contributed by atoms with Gasteiger partial charge in [0.1, 0.15) is 0 Å². The molecular weight excluding hydrogens is 379 g/mol. The van der Waals surface area contributed by atoms with E-state index in [9.17, 15) is 26.4 Å². The molecule has 0 atom stereocenters. The second-order valence-corrected chi connectivity index (χ2v) is 6.68. The Morgan fingerprint density at radius 1 is 1.33 bits per heavy atom. The Morgan fingerprint density at radius 3 is 2.48 bits per heavy atom. The number of hydrogen-bond donors (Lipinski definition) is 2. The van der Waals surface area contributed by atoms with Gasteiger partial charge in [0.25, 0.3) is 0 Å². The van der Waals surface area contributed by atoms with E-state index < -0.39 is 32.6 Å². The minimum absolute atomic E-state index is 0.0214. The van der Waals surface area contributed by atoms with E-state index in [1.54, 1.807) is 0 Å². The van der Waals surface area contributed by atoms with Gasteiger partial charge in [0.15, 0.2) is 0 Å². The number of hydrogen-bond acceptors (Lipinski definition) is 3. The molecule has 1 aromatic rings. The van der Waals surface area contributed by atoms with Crippen molar-refractivity contribution in [2.24, 2.45) is 0 Å². The summed E-state index contributed by atoms with van der Waals surface area (Å²) in [6.07, 6.45) is -5.13. The van der Waals surface area contributed by atoms with Crippen molar-refractivity contribution in [3.05, 3.63) is 28.2 Å². The van der Waals surface area contributed by atoms with Crippen LogP contribution >= 0.6 is 15.9 Å². The average Bonchev–Trinajstić information content (AvgIpc) is 2.33. The molecule has 0 saturated heterocycles. The first-order valence-electron chi connectivity index (χ1n) is 5.62. The second kappa shape index (κ2) is 6.75. The Balaban J connectivity index is 3.01. The average molecular weight is 390 g/mol. The Labute approximate surface area is 127 Å². The van der Waals surface area contributed by atoms with Crippen LogP contribution in [0.4, 0.5) is 13.2 Å². The molecule has 0 aliphatic carbocycles. The molecule has 2 N–H and O–H groups in total. The van der Waals surface area contributed by atoms with E-state index in [0.29, 0.717) is 6.07 Å². The number of carboxylic acids is 1. The number of carbonyl (C=O) groups is 1. The monoisotopic (exact) mass is 389 g/mol. The zero-order chi connectivity index (χ0) is 16.3. The molecule has 0 spiro atoms. The van der Waals surface area contributed by atoms with Gasteiger partial charge in [0.05, 0.1) is 10.5 Å². The number of carboxylic acid groups (broad SMARTS) is 1. The third kappa shape index (κ3) is 5.29. The van der Waals surface area contributed by atoms with Crippen molar-refractivity contribution in [3.8, 4) is 0 Å². The van der Waals surface area contributed by atoms with Gasteiger partial charge in [0, 0.05) is 17.4 Å². The lowest BCUT2D eigenvalue weighted by atomic mass is 10.2. The van der Waals surface area contributed by atoms with Crippen LogP contribution in [0.5, 0.6) is 0 Å². The van der Waals surface area contributed by atoms with Crippen LogP contribution in [-0.2, 0) is 21.0 Å². The molecule has 0 bridgehead atoms. The minimum Gasteiger partial charge on any atom is -0.481 e. The first-order valence-corrected chi connectivity index (χ1v) is 7.90. The summed E-state index contributed by atoms with van der Waals surface area (Å²) in [6.45, 7) is -0.262. The predicted molar refractivity (Wildman–Crippen MR) is 71.2 cm³/mol. The summed E-state index contributed by atoms with van der Waals surface area (Å²) in [4.78, 5) is 9.39. The number of sulfonamides is 1. The second-order valence-electron chi connectivity index (χ2n) is 4.03. The fraction of sp³-hybridized carbons (Fsp3) is 0.364. The minimum atomic E-state index is -4.82. The maximum absolute atomic E-state index is 12.9. The molecule has 5 nitrogen and oxygen atoms in total. The molecule has 21 heavy (non-hydrogen) atoms. The van der Waals surface area contributed by atoms with Gasteiger partial charge in [-0.05, 0) is 24.6 Å². The van der Waals surface area contributed by atoms with Crippen LogP contribution < -0.4 is 4.72 Å². The van der Waals surface area contributed by atoms with E-state index in [2.05, 4.69) is 15.9 Å². The first-order chi connectivity index (χ1) is 9.54. The van der Waals surface area contributed by atoms with Crippen molar-refractivity contribution in [3.63, 3.8) is 0 Å². The number of halogens is 4. The number of rotatable bonds is 6. The molecule has 1 rings (SSSR count). The number of aliphatic carboxylic acids is 1. The van der Waals surface area contributed by atoms with Crippen LogP contribution in [0.25, 0.3) is 0 Å². The summed E-state index contributed by atoms with van der Waals surface area (Å²) < 4.78 is 64.4. The molecule has 0 saturated carbocycles. The van der Waals surface area contributed by atoms with Crippen LogP contribution in [-0.4, -0.2) is 26.0 Å². The maximum Gasteiger partial charge on any atom is 0.417 e. The number of nitrogens with one attached hydrogen (secondary N) is 1. The molecule has 0 aromatic heterocycles. The largest absolute Gasteiger partial charge is 0.481 e. The molecule has 1 aromatic carbocycles. The van der Waals surface area contributed by atoms with Gasteiger partial charge in [0.2, 0.25) is 10.0 Å². The van der Waals surface area contributed by atoms with Crippen molar-refractivity contribution in [2.45, 2.75) is 23.9 Å². The van der Waals surface area contributed by atoms with E-state index in [1.807, 2.05) is 4.72 Å². The number of alkyl halides is 3. The van der Waals surface area contributed by atoms with E-state index in [4.69, 9.17) is 5.11 Å². The third-order valence-electron chi connectivity index (χ3n) is 2.40. The first kappa shape index (κ1) is 17.9. The predicted octanol–water partition coefficient (Wildman–Crippen LogP) is 2.61. The van der Waals surface area contributed by atoms with Crippen molar-refractivity contribution >= 4 is 31.9 Å². The van der Waals surface area contributed by atoms with Crippen molar-refractivity contribution < 1.29 is 31.5 Å². The maximum atomic E-state index is 12.9. The van der Waals surface area contributed by atoms with Gasteiger partial charge in [-0.2, -0.15) is 13.2 Å². The standard InChI is InChI=1S/C11H11BrF3NO4S/c12-7-3-4-9(8(6-7)11(13,14)15)21(19,20)16-5-1-2-10(17)18/h3-4,6,16H,1-2,5H2,(H,17,18). The van der Waals surface area contributed by atoms with Gasteiger partial charge < -0.3 is 5.11 Å². The van der Waals surface area contributed by atoms with Gasteiger partial charge in [-0.15, -0.1) is 0 Å². The summed E-state index contributed by atoms with van der Waals surface area (Å²) in [5, 5.41) is 8.41. The van der Waals surface area contributed by atoms with Gasteiger partial charge in [-0.3, -0.25) is 4.79 Å². The lowest BCUT2D eigenvalue weighted by Crippen LogP contribution is -2.27. The van der Waals surface area contributed by atoms with E-state index in [-0.39, 0.29) is 23.9 Å². The molecule has 0 unspecified atom stereocenters. The molecule has 0 amide bonds. The SMILES string of the molecule is O=C(O)CCCNS(=O)(=O)c1ccc(Br)cc1C(F)(F)F. The summed E-state index contributed by atoms with van der Waals surface area (Å²) in [5.41, 5.74) is -1.29. The summed E-state index contributed by atoms with van der Waals surface area (Å²) in [5.74, 6) is -1.12. The zero-order valence-corrected chi connectivity index (χ0v) is 12.8. The highest BCUT2D eigenvalue weighted by atomic mass is 79.9. The fourth-order valence-corrected chi connectivity index (χ4v) is 3.12. The van der Waals surface area contributed by atoms with Crippen LogP contribution in [0.3, 0.4) is 0 Å². The highest BCUT2D eigenvalue weighted by Gasteiger charge is 2.37. The highest BCUT2D eigenvalue weighted by molar-refractivity contribution is 9.10. The van der Waals surface area contributed by atoms with E-state index in [0.717, 1.165) is 6.07 Å². The number of benzene rings is 1. The Bertz CT molecular complexity index is 631. The molecule has 0 aliphatic heterocycles. The normalized spacial score (nSPS) is 12.4. The van der Waals surface area contributed by atoms with Crippen LogP contribution in [0.15, 0.2) is 27.6 Å². The zero-order valence-electron chi connectivity index (χ0n) is 10.4. The van der Waals surface area contributed by atoms with E-state index >= 15 is 0 Å². The van der Waals surface area contributed by atoms with Crippen molar-refractivity contribution in [1.82, 2.24) is 4.72 Å². The lowest BCUT2D eigenvalue weighted by molar-refractivity contribution is -0.140. The smallest absolute Gasteiger partial charge is 0.417 e. The molecular formula is C11H11BrF3NO4S. The Kier molecular flexibility index (Phi) is 5.76. The molecule has 118 valence electrons. The van der Waals surface area contributed by atoms with Gasteiger partial charge >= 0.3 is 12.1 Å². The summed E-state index contributed by atoms with van der Waals surface area (Å²) in [7, 11) is -4.37.